The van der Waals surface area contributed by atoms with Crippen LogP contribution < -0.4 is 5.32 Å². The van der Waals surface area contributed by atoms with E-state index >= 15 is 0 Å². The van der Waals surface area contributed by atoms with Gasteiger partial charge < -0.3 is 5.32 Å². The minimum absolute atomic E-state index is 0.832. The van der Waals surface area contributed by atoms with Crippen LogP contribution in [-0.2, 0) is 6.54 Å². The number of rotatable bonds is 8. The van der Waals surface area contributed by atoms with Gasteiger partial charge in [0.05, 0.1) is 0 Å². The molecule has 0 spiro atoms. The maximum absolute atomic E-state index is 3.59. The highest BCUT2D eigenvalue weighted by molar-refractivity contribution is 9.10. The summed E-state index contributed by atoms with van der Waals surface area (Å²) in [5.41, 5.74) is 2.66. The molecule has 2 heteroatoms. The zero-order chi connectivity index (χ0) is 13.4. The molecule has 1 N–H and O–H groups in total. The second-order valence-corrected chi connectivity index (χ2v) is 5.99. The molecule has 0 saturated carbocycles. The predicted molar refractivity (Wildman–Crippen MR) is 83.9 cm³/mol. The number of unbranched alkanes of at least 4 members (excludes halogenated alkanes) is 1. The van der Waals surface area contributed by atoms with Crippen LogP contribution in [0.4, 0.5) is 0 Å². The molecule has 1 atom stereocenters. The minimum atomic E-state index is 0.832. The van der Waals surface area contributed by atoms with Gasteiger partial charge in [-0.15, -0.1) is 0 Å². The van der Waals surface area contributed by atoms with E-state index in [1.807, 2.05) is 0 Å². The van der Waals surface area contributed by atoms with E-state index in [2.05, 4.69) is 60.2 Å². The van der Waals surface area contributed by atoms with Gasteiger partial charge in [-0.25, -0.2) is 0 Å². The van der Waals surface area contributed by atoms with Gasteiger partial charge in [0.15, 0.2) is 0 Å². The van der Waals surface area contributed by atoms with E-state index in [0.717, 1.165) is 19.0 Å². The average molecular weight is 312 g/mol. The lowest BCUT2D eigenvalue weighted by Gasteiger charge is -2.15. The van der Waals surface area contributed by atoms with Crippen LogP contribution in [0.15, 0.2) is 22.7 Å². The molecule has 0 fully saturated rings. The van der Waals surface area contributed by atoms with Gasteiger partial charge in [0.2, 0.25) is 0 Å². The van der Waals surface area contributed by atoms with Crippen molar-refractivity contribution in [2.75, 3.05) is 6.54 Å². The second-order valence-electron chi connectivity index (χ2n) is 5.13. The molecule has 18 heavy (non-hydrogen) atoms. The molecule has 1 aromatic rings. The second kappa shape index (κ2) is 8.71. The average Bonchev–Trinajstić information content (AvgIpc) is 2.37. The first-order valence-corrected chi connectivity index (χ1v) is 7.92. The number of nitrogens with one attached hydrogen (secondary N) is 1. The molecule has 0 aliphatic carbocycles. The van der Waals surface area contributed by atoms with Gasteiger partial charge in [-0.05, 0) is 43.0 Å². The van der Waals surface area contributed by atoms with Crippen LogP contribution in [0.2, 0.25) is 0 Å². The Kier molecular flexibility index (Phi) is 7.60. The van der Waals surface area contributed by atoms with Crippen molar-refractivity contribution in [1.82, 2.24) is 5.32 Å². The molecule has 0 aliphatic heterocycles. The Balaban J connectivity index is 2.33. The normalized spacial score (nSPS) is 12.7. The van der Waals surface area contributed by atoms with Gasteiger partial charge in [0.1, 0.15) is 0 Å². The summed E-state index contributed by atoms with van der Waals surface area (Å²) in [6.45, 7) is 8.80. The molecule has 1 nitrogen and oxygen atoms in total. The largest absolute Gasteiger partial charge is 0.312 e. The third-order valence-electron chi connectivity index (χ3n) is 3.54. The van der Waals surface area contributed by atoms with Crippen LogP contribution >= 0.6 is 15.9 Å². The maximum Gasteiger partial charge on any atom is 0.0207 e. The lowest BCUT2D eigenvalue weighted by atomic mass is 9.99. The number of benzene rings is 1. The Labute approximate surface area is 120 Å². The SMILES string of the molecule is CCCCC(CC)CNCc1ccc(C)c(Br)c1. The Bertz CT molecular complexity index is 349. The molecule has 0 bridgehead atoms. The zero-order valence-electron chi connectivity index (χ0n) is 11.9. The van der Waals surface area contributed by atoms with Crippen LogP contribution in [-0.4, -0.2) is 6.54 Å². The van der Waals surface area contributed by atoms with E-state index < -0.39 is 0 Å². The van der Waals surface area contributed by atoms with Crippen molar-refractivity contribution >= 4 is 15.9 Å². The van der Waals surface area contributed by atoms with Crippen molar-refractivity contribution in [3.8, 4) is 0 Å². The quantitative estimate of drug-likeness (QED) is 0.707. The first kappa shape index (κ1) is 15.7. The topological polar surface area (TPSA) is 12.0 Å². The predicted octanol–water partition coefficient (Wildman–Crippen LogP) is 5.06. The summed E-state index contributed by atoms with van der Waals surface area (Å²) in [6, 6.07) is 6.60. The fourth-order valence-corrected chi connectivity index (χ4v) is 2.54. The van der Waals surface area contributed by atoms with Crippen molar-refractivity contribution in [3.63, 3.8) is 0 Å². The minimum Gasteiger partial charge on any atom is -0.312 e. The van der Waals surface area contributed by atoms with Crippen molar-refractivity contribution < 1.29 is 0 Å². The highest BCUT2D eigenvalue weighted by Crippen LogP contribution is 2.17. The number of halogens is 1. The molecule has 1 rings (SSSR count). The Hall–Kier alpha value is -0.340. The third kappa shape index (κ3) is 5.53. The van der Waals surface area contributed by atoms with Gasteiger partial charge in [-0.1, -0.05) is 61.2 Å². The summed E-state index contributed by atoms with van der Waals surface area (Å²) in [6.07, 6.45) is 5.31. The number of hydrogen-bond donors (Lipinski definition) is 1. The maximum atomic E-state index is 3.59. The molecule has 0 amide bonds. The Morgan fingerprint density at radius 1 is 1.28 bits per heavy atom. The van der Waals surface area contributed by atoms with Crippen molar-refractivity contribution in [3.05, 3.63) is 33.8 Å². The van der Waals surface area contributed by atoms with Gasteiger partial charge in [-0.3, -0.25) is 0 Å². The summed E-state index contributed by atoms with van der Waals surface area (Å²) < 4.78 is 1.21. The van der Waals surface area contributed by atoms with Gasteiger partial charge in [-0.2, -0.15) is 0 Å². The van der Waals surface area contributed by atoms with E-state index in [0.29, 0.717) is 0 Å². The van der Waals surface area contributed by atoms with E-state index in [1.54, 1.807) is 0 Å². The van der Waals surface area contributed by atoms with E-state index in [4.69, 9.17) is 0 Å². The Morgan fingerprint density at radius 2 is 2.06 bits per heavy atom. The summed E-state index contributed by atoms with van der Waals surface area (Å²) in [4.78, 5) is 0. The van der Waals surface area contributed by atoms with E-state index in [-0.39, 0.29) is 0 Å². The lowest BCUT2D eigenvalue weighted by Crippen LogP contribution is -2.22. The lowest BCUT2D eigenvalue weighted by molar-refractivity contribution is 0.419. The van der Waals surface area contributed by atoms with Gasteiger partial charge in [0, 0.05) is 11.0 Å². The monoisotopic (exact) mass is 311 g/mol. The molecule has 1 aromatic carbocycles. The Morgan fingerprint density at radius 3 is 2.67 bits per heavy atom. The summed E-state index contributed by atoms with van der Waals surface area (Å²) in [7, 11) is 0. The van der Waals surface area contributed by atoms with Crippen LogP contribution in [0.5, 0.6) is 0 Å². The van der Waals surface area contributed by atoms with E-state index in [1.165, 1.54) is 41.3 Å². The third-order valence-corrected chi connectivity index (χ3v) is 4.40. The molecule has 0 radical (unpaired) electrons. The first-order valence-electron chi connectivity index (χ1n) is 7.13. The van der Waals surface area contributed by atoms with Crippen LogP contribution in [0.25, 0.3) is 0 Å². The van der Waals surface area contributed by atoms with Crippen LogP contribution in [0.3, 0.4) is 0 Å². The number of hydrogen-bond acceptors (Lipinski definition) is 1. The fraction of sp³-hybridized carbons (Fsp3) is 0.625. The molecular formula is C16H26BrN. The molecule has 0 aliphatic rings. The van der Waals surface area contributed by atoms with Crippen molar-refractivity contribution in [2.24, 2.45) is 5.92 Å². The molecule has 0 saturated heterocycles. The van der Waals surface area contributed by atoms with Gasteiger partial charge >= 0.3 is 0 Å². The van der Waals surface area contributed by atoms with Crippen LogP contribution in [0, 0.1) is 12.8 Å². The first-order chi connectivity index (χ1) is 8.67. The fourth-order valence-electron chi connectivity index (χ4n) is 2.11. The van der Waals surface area contributed by atoms with Gasteiger partial charge in [0.25, 0.3) is 0 Å². The number of aryl methyl sites for hydroxylation is 1. The molecule has 1 unspecified atom stereocenters. The summed E-state index contributed by atoms with van der Waals surface area (Å²) in [5.74, 6) is 0.832. The zero-order valence-corrected chi connectivity index (χ0v) is 13.5. The summed E-state index contributed by atoms with van der Waals surface area (Å²) >= 11 is 3.59. The van der Waals surface area contributed by atoms with Crippen molar-refractivity contribution in [2.45, 2.75) is 53.0 Å². The van der Waals surface area contributed by atoms with E-state index in [9.17, 15) is 0 Å². The highest BCUT2D eigenvalue weighted by atomic mass is 79.9. The molecular weight excluding hydrogens is 286 g/mol. The highest BCUT2D eigenvalue weighted by Gasteiger charge is 2.05. The standard InChI is InChI=1S/C16H26BrN/c1-4-6-7-14(5-2)11-18-12-15-9-8-13(3)16(17)10-15/h8-10,14,18H,4-7,11-12H2,1-3H3. The molecule has 0 heterocycles. The van der Waals surface area contributed by atoms with Crippen LogP contribution in [0.1, 0.15) is 50.7 Å². The smallest absolute Gasteiger partial charge is 0.0207 e. The van der Waals surface area contributed by atoms with Crippen molar-refractivity contribution in [1.29, 1.82) is 0 Å². The summed E-state index contributed by atoms with van der Waals surface area (Å²) in [5, 5.41) is 3.59. The molecule has 0 aromatic heterocycles. The molecule has 102 valence electrons.